The minimum atomic E-state index is -0.402. The number of carbonyl (C=O) groups is 2. The molecule has 4 atom stereocenters. The summed E-state index contributed by atoms with van der Waals surface area (Å²) in [5.74, 6) is -0.896. The Hall–Kier alpha value is -1.88. The van der Waals surface area contributed by atoms with Crippen molar-refractivity contribution in [1.82, 2.24) is 0 Å². The van der Waals surface area contributed by atoms with Crippen LogP contribution >= 0.6 is 0 Å². The summed E-state index contributed by atoms with van der Waals surface area (Å²) in [6, 6.07) is 8.74. The molecule has 1 saturated carbocycles. The molecule has 0 aromatic heterocycles. The molecule has 1 aromatic carbocycles. The molecule has 20 heavy (non-hydrogen) atoms. The van der Waals surface area contributed by atoms with Crippen molar-refractivity contribution in [2.45, 2.75) is 25.0 Å². The molecule has 0 radical (unpaired) electrons. The zero-order valence-corrected chi connectivity index (χ0v) is 10.9. The molecular formula is C15H16O5. The summed E-state index contributed by atoms with van der Waals surface area (Å²) in [7, 11) is 0. The summed E-state index contributed by atoms with van der Waals surface area (Å²) >= 11 is 0. The monoisotopic (exact) mass is 276 g/mol. The van der Waals surface area contributed by atoms with Crippen LogP contribution in [-0.2, 0) is 14.3 Å². The Labute approximate surface area is 116 Å². The average molecular weight is 276 g/mol. The van der Waals surface area contributed by atoms with E-state index in [1.54, 1.807) is 24.3 Å². The van der Waals surface area contributed by atoms with Crippen molar-refractivity contribution in [1.29, 1.82) is 0 Å². The van der Waals surface area contributed by atoms with Gasteiger partial charge in [-0.05, 0) is 12.1 Å². The number of rotatable bonds is 3. The van der Waals surface area contributed by atoms with Crippen molar-refractivity contribution >= 4 is 11.9 Å². The molecule has 1 heterocycles. The van der Waals surface area contributed by atoms with E-state index in [0.29, 0.717) is 18.4 Å². The van der Waals surface area contributed by atoms with Gasteiger partial charge in [-0.15, -0.1) is 0 Å². The first-order valence-electron chi connectivity index (χ1n) is 6.75. The zero-order chi connectivity index (χ0) is 14.1. The van der Waals surface area contributed by atoms with Gasteiger partial charge in [-0.2, -0.15) is 0 Å². The molecule has 1 aliphatic heterocycles. The third-order valence-electron chi connectivity index (χ3n) is 4.13. The number of aliphatic hydroxyl groups is 1. The molecule has 2 fully saturated rings. The van der Waals surface area contributed by atoms with Crippen molar-refractivity contribution in [2.75, 3.05) is 6.61 Å². The molecule has 0 spiro atoms. The molecule has 0 amide bonds. The lowest BCUT2D eigenvalue weighted by atomic mass is 9.93. The molecule has 1 saturated heterocycles. The molecule has 2 aliphatic rings. The van der Waals surface area contributed by atoms with Crippen molar-refractivity contribution in [3.63, 3.8) is 0 Å². The van der Waals surface area contributed by atoms with Gasteiger partial charge in [0.1, 0.15) is 12.2 Å². The third kappa shape index (κ3) is 2.29. The highest BCUT2D eigenvalue weighted by Crippen LogP contribution is 2.42. The van der Waals surface area contributed by atoms with Crippen molar-refractivity contribution in [3.05, 3.63) is 35.9 Å². The third-order valence-corrected chi connectivity index (χ3v) is 4.13. The number of ether oxygens (including phenoxy) is 2. The van der Waals surface area contributed by atoms with E-state index >= 15 is 0 Å². The number of aliphatic hydroxyl groups excluding tert-OH is 1. The maximum atomic E-state index is 12.0. The van der Waals surface area contributed by atoms with Crippen LogP contribution in [-0.4, -0.2) is 35.9 Å². The molecular weight excluding hydrogens is 260 g/mol. The van der Waals surface area contributed by atoms with Crippen LogP contribution < -0.4 is 0 Å². The predicted octanol–water partition coefficient (Wildman–Crippen LogP) is 1.16. The van der Waals surface area contributed by atoms with Crippen molar-refractivity contribution < 1.29 is 24.2 Å². The predicted molar refractivity (Wildman–Crippen MR) is 68.8 cm³/mol. The number of hydrogen-bond acceptors (Lipinski definition) is 5. The number of fused-ring (bicyclic) bond motifs is 1. The van der Waals surface area contributed by atoms with E-state index in [1.807, 2.05) is 6.07 Å². The van der Waals surface area contributed by atoms with E-state index in [-0.39, 0.29) is 30.5 Å². The summed E-state index contributed by atoms with van der Waals surface area (Å²) in [5, 5.41) is 9.50. The minimum Gasteiger partial charge on any atom is -0.462 e. The molecule has 106 valence electrons. The Balaban J connectivity index is 1.69. The molecule has 5 heteroatoms. The fourth-order valence-corrected chi connectivity index (χ4v) is 3.13. The Morgan fingerprint density at radius 2 is 2.10 bits per heavy atom. The van der Waals surface area contributed by atoms with E-state index in [0.717, 1.165) is 0 Å². The first-order chi connectivity index (χ1) is 9.69. The highest BCUT2D eigenvalue weighted by molar-refractivity contribution is 5.89. The van der Waals surface area contributed by atoms with Crippen LogP contribution in [0.3, 0.4) is 0 Å². The summed E-state index contributed by atoms with van der Waals surface area (Å²) in [4.78, 5) is 23.3. The summed E-state index contributed by atoms with van der Waals surface area (Å²) < 4.78 is 10.7. The maximum Gasteiger partial charge on any atom is 0.338 e. The van der Waals surface area contributed by atoms with Crippen LogP contribution in [0.25, 0.3) is 0 Å². The molecule has 0 bridgehead atoms. The Morgan fingerprint density at radius 1 is 1.35 bits per heavy atom. The quantitative estimate of drug-likeness (QED) is 0.839. The average Bonchev–Trinajstić information content (AvgIpc) is 2.95. The van der Waals surface area contributed by atoms with Crippen LogP contribution in [0.2, 0.25) is 0 Å². The number of carbonyl (C=O) groups excluding carboxylic acids is 2. The topological polar surface area (TPSA) is 72.8 Å². The van der Waals surface area contributed by atoms with Gasteiger partial charge in [-0.1, -0.05) is 18.2 Å². The normalized spacial score (nSPS) is 31.8. The highest BCUT2D eigenvalue weighted by Gasteiger charge is 2.51. The Morgan fingerprint density at radius 3 is 2.80 bits per heavy atom. The van der Waals surface area contributed by atoms with Gasteiger partial charge in [0.15, 0.2) is 0 Å². The first kappa shape index (κ1) is 13.1. The molecule has 1 aromatic rings. The van der Waals surface area contributed by atoms with Crippen molar-refractivity contribution in [2.24, 2.45) is 11.8 Å². The molecule has 1 N–H and O–H groups in total. The van der Waals surface area contributed by atoms with E-state index in [2.05, 4.69) is 0 Å². The zero-order valence-electron chi connectivity index (χ0n) is 10.9. The standard InChI is InChI=1S/C15H16O5/c16-8-11-10-6-14(17)19-12(10)7-13(11)20-15(18)9-4-2-1-3-5-9/h1-5,10-13,16H,6-8H2/t10-,11-,12-,13-/m1/s1. The molecule has 5 nitrogen and oxygen atoms in total. The second kappa shape index (κ2) is 5.25. The van der Waals surface area contributed by atoms with Crippen LogP contribution in [0.15, 0.2) is 30.3 Å². The Kier molecular flexibility index (Phi) is 3.44. The van der Waals surface area contributed by atoms with Crippen molar-refractivity contribution in [3.8, 4) is 0 Å². The lowest BCUT2D eigenvalue weighted by molar-refractivity contribution is -0.141. The van der Waals surface area contributed by atoms with E-state index in [1.165, 1.54) is 0 Å². The van der Waals surface area contributed by atoms with Crippen LogP contribution in [0.5, 0.6) is 0 Å². The minimum absolute atomic E-state index is 0.0407. The van der Waals surface area contributed by atoms with Crippen LogP contribution in [0.4, 0.5) is 0 Å². The maximum absolute atomic E-state index is 12.0. The largest absolute Gasteiger partial charge is 0.462 e. The first-order valence-corrected chi connectivity index (χ1v) is 6.75. The summed E-state index contributed by atoms with van der Waals surface area (Å²) in [6.45, 7) is -0.107. The van der Waals surface area contributed by atoms with Gasteiger partial charge < -0.3 is 14.6 Å². The second-order valence-electron chi connectivity index (χ2n) is 5.29. The fourth-order valence-electron chi connectivity index (χ4n) is 3.13. The number of esters is 2. The SMILES string of the molecule is O=C1C[C@@H]2[C@@H](CO)[C@H](OC(=O)c3ccccc3)C[C@H]2O1. The fraction of sp³-hybridized carbons (Fsp3) is 0.467. The Bertz CT molecular complexity index is 512. The van der Waals surface area contributed by atoms with E-state index in [4.69, 9.17) is 9.47 Å². The molecule has 0 unspecified atom stereocenters. The van der Waals surface area contributed by atoms with Gasteiger partial charge in [0.2, 0.25) is 0 Å². The van der Waals surface area contributed by atoms with Crippen LogP contribution in [0.1, 0.15) is 23.2 Å². The van der Waals surface area contributed by atoms with Gasteiger partial charge in [-0.25, -0.2) is 4.79 Å². The number of benzene rings is 1. The van der Waals surface area contributed by atoms with E-state index in [9.17, 15) is 14.7 Å². The van der Waals surface area contributed by atoms with Gasteiger partial charge in [0, 0.05) is 24.9 Å². The molecule has 1 aliphatic carbocycles. The molecule has 3 rings (SSSR count). The number of hydrogen-bond donors (Lipinski definition) is 1. The van der Waals surface area contributed by atoms with Gasteiger partial charge in [0.05, 0.1) is 12.0 Å². The highest BCUT2D eigenvalue weighted by atomic mass is 16.6. The summed E-state index contributed by atoms with van der Waals surface area (Å²) in [5.41, 5.74) is 0.484. The lowest BCUT2D eigenvalue weighted by Crippen LogP contribution is -2.28. The van der Waals surface area contributed by atoms with Gasteiger partial charge in [-0.3, -0.25) is 4.79 Å². The van der Waals surface area contributed by atoms with E-state index < -0.39 is 12.1 Å². The van der Waals surface area contributed by atoms with Gasteiger partial charge >= 0.3 is 11.9 Å². The second-order valence-corrected chi connectivity index (χ2v) is 5.29. The lowest BCUT2D eigenvalue weighted by Gasteiger charge is -2.20. The smallest absolute Gasteiger partial charge is 0.338 e. The van der Waals surface area contributed by atoms with Gasteiger partial charge in [0.25, 0.3) is 0 Å². The summed E-state index contributed by atoms with van der Waals surface area (Å²) in [6.07, 6.45) is 0.152. The van der Waals surface area contributed by atoms with Crippen LogP contribution in [0, 0.1) is 11.8 Å².